The van der Waals surface area contributed by atoms with Crippen molar-refractivity contribution in [3.05, 3.63) is 52.4 Å². The van der Waals surface area contributed by atoms with E-state index in [-0.39, 0.29) is 29.7 Å². The van der Waals surface area contributed by atoms with Crippen LogP contribution in [0.2, 0.25) is 0 Å². The maximum atomic E-state index is 14.6. The second kappa shape index (κ2) is 8.16. The van der Waals surface area contributed by atoms with E-state index in [1.54, 1.807) is 19.9 Å². The number of aliphatic imine (C=N–C) groups is 1. The molecule has 0 radical (unpaired) electrons. The number of nitrogens with two attached hydrogens (primary N) is 1. The number of anilines is 1. The molecule has 3 N–H and O–H groups in total. The average molecular weight is 464 g/mol. The molecule has 10 heteroatoms. The van der Waals surface area contributed by atoms with Gasteiger partial charge in [-0.25, -0.2) is 14.2 Å². The molecule has 29 heavy (non-hydrogen) atoms. The van der Waals surface area contributed by atoms with Crippen molar-refractivity contribution in [2.24, 2.45) is 10.7 Å². The van der Waals surface area contributed by atoms with Crippen molar-refractivity contribution >= 4 is 39.5 Å². The van der Waals surface area contributed by atoms with E-state index in [4.69, 9.17) is 10.5 Å². The van der Waals surface area contributed by atoms with Crippen LogP contribution in [0.15, 0.2) is 46.0 Å². The molecule has 0 fully saturated rings. The van der Waals surface area contributed by atoms with Crippen LogP contribution in [0.25, 0.3) is 0 Å². The molecule has 1 unspecified atom stereocenters. The second-order valence-electron chi connectivity index (χ2n) is 6.61. The van der Waals surface area contributed by atoms with E-state index in [1.807, 2.05) is 0 Å². The monoisotopic (exact) mass is 463 g/mol. The molecule has 1 aromatic heterocycles. The molecule has 1 aliphatic heterocycles. The van der Waals surface area contributed by atoms with Crippen LogP contribution in [0.4, 0.5) is 14.9 Å². The number of nitrogens with one attached hydrogen (secondary N) is 1. The Morgan fingerprint density at radius 1 is 1.41 bits per heavy atom. The number of amides is 2. The predicted octanol–water partition coefficient (Wildman–Crippen LogP) is 3.03. The summed E-state index contributed by atoms with van der Waals surface area (Å²) in [6.07, 6.45) is 0.714. The summed E-state index contributed by atoms with van der Waals surface area (Å²) in [5.74, 6) is -0.978. The van der Waals surface area contributed by atoms with Gasteiger partial charge in [0.1, 0.15) is 11.4 Å². The van der Waals surface area contributed by atoms with E-state index < -0.39 is 17.4 Å². The first-order valence-electron chi connectivity index (χ1n) is 8.77. The third-order valence-corrected chi connectivity index (χ3v) is 4.91. The zero-order chi connectivity index (χ0) is 21.2. The minimum atomic E-state index is -1.09. The van der Waals surface area contributed by atoms with E-state index in [0.717, 1.165) is 4.47 Å². The van der Waals surface area contributed by atoms with Gasteiger partial charge in [-0.15, -0.1) is 0 Å². The Labute approximate surface area is 175 Å². The number of rotatable bonds is 4. The van der Waals surface area contributed by atoms with Gasteiger partial charge in [-0.1, -0.05) is 0 Å². The minimum Gasteiger partial charge on any atom is -0.391 e. The van der Waals surface area contributed by atoms with Gasteiger partial charge in [0.05, 0.1) is 6.54 Å². The number of hydrogen-bond donors (Lipinski definition) is 2. The molecular formula is C19H19BrFN5O3. The molecule has 1 aromatic carbocycles. The number of halogens is 2. The number of carbonyl (C=O) groups excluding carboxylic acids is 2. The molecule has 2 aromatic rings. The summed E-state index contributed by atoms with van der Waals surface area (Å²) in [5, 5.41) is 2.53. The van der Waals surface area contributed by atoms with Crippen LogP contribution in [0, 0.1) is 5.82 Å². The van der Waals surface area contributed by atoms with Crippen LogP contribution in [0.3, 0.4) is 0 Å². The van der Waals surface area contributed by atoms with Crippen LogP contribution in [-0.4, -0.2) is 40.8 Å². The molecule has 8 nitrogen and oxygen atoms in total. The standard InChI is InChI=1S/C19H19BrFN5O3/c1-3-26-10-19(2,25-16(22)17(26)27)13-8-12(5-6-14(13)21)24-18(28)29-15-7-4-11(20)9-23-15/h4-9H,3,10H2,1-2H3,(H2,22,25)(H,24,28). The first-order chi connectivity index (χ1) is 13.7. The number of hydrogen-bond acceptors (Lipinski definition) is 6. The number of nitrogens with zero attached hydrogens (tertiary/aromatic N) is 3. The number of benzene rings is 1. The van der Waals surface area contributed by atoms with Crippen molar-refractivity contribution in [2.45, 2.75) is 19.4 Å². The topological polar surface area (TPSA) is 110 Å². The molecule has 0 bridgehead atoms. The third kappa shape index (κ3) is 4.53. The highest BCUT2D eigenvalue weighted by Crippen LogP contribution is 2.33. The normalized spacial score (nSPS) is 19.0. The smallest absolute Gasteiger partial charge is 0.391 e. The van der Waals surface area contributed by atoms with Crippen molar-refractivity contribution in [3.8, 4) is 5.88 Å². The number of pyridine rings is 1. The highest BCUT2D eigenvalue weighted by Gasteiger charge is 2.38. The molecule has 0 aliphatic carbocycles. The Morgan fingerprint density at radius 2 is 2.17 bits per heavy atom. The number of carbonyl (C=O) groups is 2. The molecule has 0 saturated heterocycles. The summed E-state index contributed by atoms with van der Waals surface area (Å²) in [7, 11) is 0. The van der Waals surface area contributed by atoms with E-state index in [0.29, 0.717) is 12.2 Å². The van der Waals surface area contributed by atoms with Gasteiger partial charge in [0.15, 0.2) is 5.84 Å². The van der Waals surface area contributed by atoms with Gasteiger partial charge in [0.2, 0.25) is 5.88 Å². The lowest BCUT2D eigenvalue weighted by atomic mass is 9.89. The van der Waals surface area contributed by atoms with Crippen LogP contribution in [0.1, 0.15) is 19.4 Å². The first-order valence-corrected chi connectivity index (χ1v) is 9.56. The zero-order valence-corrected chi connectivity index (χ0v) is 17.4. The Kier molecular flexibility index (Phi) is 5.83. The van der Waals surface area contributed by atoms with Crippen molar-refractivity contribution in [1.29, 1.82) is 0 Å². The summed E-state index contributed by atoms with van der Waals surface area (Å²) >= 11 is 3.24. The maximum absolute atomic E-state index is 14.6. The Bertz CT molecular complexity index is 982. The largest absolute Gasteiger partial charge is 0.418 e. The number of likely N-dealkylation sites (N-methyl/N-ethyl adjacent to an activating group) is 1. The molecule has 1 atom stereocenters. The molecule has 0 saturated carbocycles. The lowest BCUT2D eigenvalue weighted by Crippen LogP contribution is -2.52. The van der Waals surface area contributed by atoms with Gasteiger partial charge in [-0.05, 0) is 54.0 Å². The maximum Gasteiger partial charge on any atom is 0.418 e. The fourth-order valence-corrected chi connectivity index (χ4v) is 3.27. The van der Waals surface area contributed by atoms with Gasteiger partial charge < -0.3 is 15.4 Å². The summed E-state index contributed by atoms with van der Waals surface area (Å²) in [5.41, 5.74) is 5.17. The number of ether oxygens (including phenoxy) is 1. The molecule has 3 rings (SSSR count). The third-order valence-electron chi connectivity index (χ3n) is 4.44. The van der Waals surface area contributed by atoms with Crippen LogP contribution in [0.5, 0.6) is 5.88 Å². The quantitative estimate of drug-likeness (QED) is 0.723. The van der Waals surface area contributed by atoms with Crippen molar-refractivity contribution in [1.82, 2.24) is 9.88 Å². The SMILES string of the molecule is CCN1CC(C)(c2cc(NC(=O)Oc3ccc(Br)cn3)ccc2F)N=C(N)C1=O. The Balaban J connectivity index is 1.83. The molecule has 1 aliphatic rings. The van der Waals surface area contributed by atoms with Gasteiger partial charge in [0.25, 0.3) is 5.91 Å². The summed E-state index contributed by atoms with van der Waals surface area (Å²) in [6, 6.07) is 7.27. The fraction of sp³-hybridized carbons (Fsp3) is 0.263. The zero-order valence-electron chi connectivity index (χ0n) is 15.8. The van der Waals surface area contributed by atoms with E-state index in [9.17, 15) is 14.0 Å². The van der Waals surface area contributed by atoms with E-state index >= 15 is 0 Å². The predicted molar refractivity (Wildman–Crippen MR) is 109 cm³/mol. The summed E-state index contributed by atoms with van der Waals surface area (Å²) in [6.45, 7) is 4.06. The van der Waals surface area contributed by atoms with Gasteiger partial charge in [0, 0.05) is 34.5 Å². The van der Waals surface area contributed by atoms with Crippen LogP contribution in [-0.2, 0) is 10.3 Å². The second-order valence-corrected chi connectivity index (χ2v) is 7.53. The molecular weight excluding hydrogens is 445 g/mol. The van der Waals surface area contributed by atoms with Crippen LogP contribution >= 0.6 is 15.9 Å². The Morgan fingerprint density at radius 3 is 2.83 bits per heavy atom. The fourth-order valence-electron chi connectivity index (χ4n) is 3.03. The minimum absolute atomic E-state index is 0.113. The molecule has 0 spiro atoms. The molecule has 152 valence electrons. The highest BCUT2D eigenvalue weighted by molar-refractivity contribution is 9.10. The van der Waals surface area contributed by atoms with Crippen LogP contribution < -0.4 is 15.8 Å². The van der Waals surface area contributed by atoms with Crippen molar-refractivity contribution in [3.63, 3.8) is 0 Å². The van der Waals surface area contributed by atoms with Crippen molar-refractivity contribution < 1.29 is 18.7 Å². The lowest BCUT2D eigenvalue weighted by Gasteiger charge is -2.37. The highest BCUT2D eigenvalue weighted by atomic mass is 79.9. The first kappa shape index (κ1) is 20.7. The lowest BCUT2D eigenvalue weighted by molar-refractivity contribution is -0.125. The van der Waals surface area contributed by atoms with Crippen molar-refractivity contribution in [2.75, 3.05) is 18.4 Å². The summed E-state index contributed by atoms with van der Waals surface area (Å²) in [4.78, 5) is 33.9. The van der Waals surface area contributed by atoms with E-state index in [1.165, 1.54) is 35.4 Å². The molecule has 2 heterocycles. The number of amidine groups is 1. The van der Waals surface area contributed by atoms with E-state index in [2.05, 4.69) is 31.2 Å². The average Bonchev–Trinajstić information content (AvgIpc) is 2.68. The van der Waals surface area contributed by atoms with Gasteiger partial charge in [-0.2, -0.15) is 0 Å². The summed E-state index contributed by atoms with van der Waals surface area (Å²) < 4.78 is 20.5. The Hall–Kier alpha value is -3.01. The number of aromatic nitrogens is 1. The van der Waals surface area contributed by atoms with Gasteiger partial charge >= 0.3 is 6.09 Å². The van der Waals surface area contributed by atoms with Gasteiger partial charge in [-0.3, -0.25) is 15.1 Å². The molecule has 2 amide bonds.